The zero-order valence-electron chi connectivity index (χ0n) is 25.5. The Hall–Kier alpha value is -1.10. The highest BCUT2D eigenvalue weighted by Gasteiger charge is 2.24. The monoisotopic (exact) mass is 526 g/mol. The van der Waals surface area contributed by atoms with Crippen molar-refractivity contribution in [2.24, 2.45) is 5.92 Å². The van der Waals surface area contributed by atoms with Gasteiger partial charge < -0.3 is 14.3 Å². The molecule has 0 aliphatic heterocycles. The maximum atomic E-state index is 12.2. The number of quaternary nitrogens is 1. The van der Waals surface area contributed by atoms with E-state index >= 15 is 0 Å². The number of aliphatic carboxylic acids is 1. The highest BCUT2D eigenvalue weighted by atomic mass is 16.5. The van der Waals surface area contributed by atoms with Gasteiger partial charge in [0.05, 0.1) is 27.6 Å². The number of rotatable bonds is 27. The second-order valence-corrected chi connectivity index (χ2v) is 12.6. The maximum absolute atomic E-state index is 12.2. The first-order valence-corrected chi connectivity index (χ1v) is 15.9. The van der Waals surface area contributed by atoms with Gasteiger partial charge in [-0.1, -0.05) is 136 Å². The predicted octanol–water partition coefficient (Wildman–Crippen LogP) is 8.93. The van der Waals surface area contributed by atoms with Gasteiger partial charge >= 0.3 is 11.9 Å². The minimum Gasteiger partial charge on any atom is -0.481 e. The molecule has 0 saturated carbocycles. The largest absolute Gasteiger partial charge is 0.481 e. The molecule has 5 nitrogen and oxygen atoms in total. The molecule has 0 aliphatic rings. The number of hydrogen-bond acceptors (Lipinski definition) is 3. The Bertz CT molecular complexity index is 543. The van der Waals surface area contributed by atoms with Crippen LogP contribution in [0.25, 0.3) is 0 Å². The third-order valence-corrected chi connectivity index (χ3v) is 7.33. The van der Waals surface area contributed by atoms with Gasteiger partial charge in [-0.05, 0) is 12.3 Å². The first kappa shape index (κ1) is 35.9. The van der Waals surface area contributed by atoms with Crippen molar-refractivity contribution in [3.63, 3.8) is 0 Å². The molecule has 220 valence electrons. The zero-order chi connectivity index (χ0) is 27.8. The summed E-state index contributed by atoms with van der Waals surface area (Å²) in [7, 11) is 5.93. The summed E-state index contributed by atoms with van der Waals surface area (Å²) in [4.78, 5) is 23.2. The van der Waals surface area contributed by atoms with Crippen LogP contribution in [0.15, 0.2) is 0 Å². The smallest absolute Gasteiger partial charge is 0.307 e. The van der Waals surface area contributed by atoms with Crippen LogP contribution in [0, 0.1) is 5.92 Å². The van der Waals surface area contributed by atoms with Crippen LogP contribution in [-0.2, 0) is 14.3 Å². The van der Waals surface area contributed by atoms with E-state index in [0.717, 1.165) is 25.2 Å². The molecule has 2 atom stereocenters. The molecule has 0 saturated heterocycles. The van der Waals surface area contributed by atoms with Crippen LogP contribution in [-0.4, -0.2) is 55.3 Å². The minimum atomic E-state index is -0.922. The molecule has 0 radical (unpaired) electrons. The average molecular weight is 527 g/mol. The maximum Gasteiger partial charge on any atom is 0.307 e. The molecule has 0 aromatic rings. The Balaban J connectivity index is 3.55. The summed E-state index contributed by atoms with van der Waals surface area (Å²) in [6.45, 7) is 5.18. The summed E-state index contributed by atoms with van der Waals surface area (Å²) < 4.78 is 6.04. The normalized spacial score (nSPS) is 13.4. The van der Waals surface area contributed by atoms with Crippen molar-refractivity contribution < 1.29 is 23.9 Å². The van der Waals surface area contributed by atoms with Crippen LogP contribution < -0.4 is 0 Å². The Morgan fingerprint density at radius 2 is 1.08 bits per heavy atom. The van der Waals surface area contributed by atoms with E-state index in [-0.39, 0.29) is 12.4 Å². The average Bonchev–Trinajstić information content (AvgIpc) is 2.80. The molecule has 0 aromatic carbocycles. The highest BCUT2D eigenvalue weighted by Crippen LogP contribution is 2.19. The summed E-state index contributed by atoms with van der Waals surface area (Å²) in [5, 5.41) is 9.07. The second kappa shape index (κ2) is 24.0. The lowest BCUT2D eigenvalue weighted by atomic mass is 9.96. The summed E-state index contributed by atoms with van der Waals surface area (Å²) in [6, 6.07) is 0. The van der Waals surface area contributed by atoms with E-state index in [9.17, 15) is 9.59 Å². The number of carbonyl (C=O) groups is 2. The van der Waals surface area contributed by atoms with E-state index < -0.39 is 12.1 Å². The molecular weight excluding hydrogens is 462 g/mol. The molecule has 0 rings (SSSR count). The number of carboxylic acid groups (broad SMARTS) is 1. The quantitative estimate of drug-likeness (QED) is 0.0659. The third-order valence-electron chi connectivity index (χ3n) is 7.33. The van der Waals surface area contributed by atoms with E-state index in [1.807, 2.05) is 21.1 Å². The molecule has 37 heavy (non-hydrogen) atoms. The number of ether oxygens (including phenoxy) is 1. The van der Waals surface area contributed by atoms with Gasteiger partial charge in [0.25, 0.3) is 0 Å². The Labute approximate surface area is 230 Å². The van der Waals surface area contributed by atoms with E-state index in [1.165, 1.54) is 109 Å². The number of carbonyl (C=O) groups excluding carboxylic acids is 1. The van der Waals surface area contributed by atoms with Crippen LogP contribution >= 0.6 is 0 Å². The first-order chi connectivity index (χ1) is 17.6. The van der Waals surface area contributed by atoms with Gasteiger partial charge in [-0.2, -0.15) is 0 Å². The van der Waals surface area contributed by atoms with Gasteiger partial charge in [0.15, 0.2) is 6.10 Å². The van der Waals surface area contributed by atoms with Crippen molar-refractivity contribution in [1.82, 2.24) is 0 Å². The molecule has 0 amide bonds. The Morgan fingerprint density at radius 1 is 0.676 bits per heavy atom. The Kier molecular flexibility index (Phi) is 23.3. The number of esters is 1. The molecule has 0 heterocycles. The van der Waals surface area contributed by atoms with Gasteiger partial charge in [0, 0.05) is 6.42 Å². The van der Waals surface area contributed by atoms with E-state index in [2.05, 4.69) is 13.8 Å². The van der Waals surface area contributed by atoms with Crippen LogP contribution in [0.2, 0.25) is 0 Å². The molecule has 2 unspecified atom stereocenters. The van der Waals surface area contributed by atoms with Crippen LogP contribution in [0.3, 0.4) is 0 Å². The lowest BCUT2D eigenvalue weighted by Gasteiger charge is -2.28. The lowest BCUT2D eigenvalue weighted by Crippen LogP contribution is -2.43. The highest BCUT2D eigenvalue weighted by molar-refractivity contribution is 5.71. The van der Waals surface area contributed by atoms with E-state index in [1.54, 1.807) is 0 Å². The number of hydrogen-bond donors (Lipinski definition) is 1. The zero-order valence-corrected chi connectivity index (χ0v) is 25.5. The summed E-state index contributed by atoms with van der Waals surface area (Å²) in [5.74, 6) is -0.380. The number of unbranched alkanes of at least 4 members (excludes halogenated alkanes) is 16. The van der Waals surface area contributed by atoms with Crippen molar-refractivity contribution in [2.75, 3.05) is 27.7 Å². The standard InChI is InChI=1S/C32H63NO4/c1-6-7-8-9-10-11-12-13-14-15-16-17-18-21-24-29(2)25-22-19-20-23-26-32(36)37-30(27-31(34)35)28-33(3,4)5/h29-30H,6-28H2,1-5H3/p+1. The molecule has 0 spiro atoms. The van der Waals surface area contributed by atoms with Gasteiger partial charge in [-0.15, -0.1) is 0 Å². The van der Waals surface area contributed by atoms with Crippen LogP contribution in [0.5, 0.6) is 0 Å². The van der Waals surface area contributed by atoms with E-state index in [4.69, 9.17) is 9.84 Å². The number of likely N-dealkylation sites (N-methyl/N-ethyl adjacent to an activating group) is 1. The molecule has 0 bridgehead atoms. The fourth-order valence-electron chi connectivity index (χ4n) is 5.14. The molecule has 0 aromatic heterocycles. The second-order valence-electron chi connectivity index (χ2n) is 12.6. The first-order valence-electron chi connectivity index (χ1n) is 15.9. The molecule has 0 fully saturated rings. The van der Waals surface area contributed by atoms with E-state index in [0.29, 0.717) is 17.4 Å². The van der Waals surface area contributed by atoms with Crippen LogP contribution in [0.1, 0.15) is 155 Å². The molecule has 5 heteroatoms. The van der Waals surface area contributed by atoms with Crippen LogP contribution in [0.4, 0.5) is 0 Å². The summed E-state index contributed by atoms with van der Waals surface area (Å²) in [6.07, 6.45) is 26.5. The van der Waals surface area contributed by atoms with Gasteiger partial charge in [0.1, 0.15) is 6.54 Å². The summed E-state index contributed by atoms with van der Waals surface area (Å²) >= 11 is 0. The van der Waals surface area contributed by atoms with Gasteiger partial charge in [0.2, 0.25) is 0 Å². The van der Waals surface area contributed by atoms with Gasteiger partial charge in [-0.25, -0.2) is 0 Å². The SMILES string of the molecule is CCCCCCCCCCCCCCCCC(C)CCCCCCC(=O)OC(CC(=O)O)C[N+](C)(C)C. The van der Waals surface area contributed by atoms with Crippen molar-refractivity contribution in [3.05, 3.63) is 0 Å². The summed E-state index contributed by atoms with van der Waals surface area (Å²) in [5.41, 5.74) is 0. The van der Waals surface area contributed by atoms with Gasteiger partial charge in [-0.3, -0.25) is 9.59 Å². The minimum absolute atomic E-state index is 0.127. The lowest BCUT2D eigenvalue weighted by molar-refractivity contribution is -0.873. The van der Waals surface area contributed by atoms with Crippen molar-refractivity contribution in [3.8, 4) is 0 Å². The topological polar surface area (TPSA) is 63.6 Å². The molecular formula is C32H64NO4+. The molecule has 0 aliphatic carbocycles. The Morgan fingerprint density at radius 3 is 1.49 bits per heavy atom. The van der Waals surface area contributed by atoms with Crippen molar-refractivity contribution >= 4 is 11.9 Å². The predicted molar refractivity (Wildman–Crippen MR) is 157 cm³/mol. The fraction of sp³-hybridized carbons (Fsp3) is 0.938. The third kappa shape index (κ3) is 27.7. The number of nitrogens with zero attached hydrogens (tertiary/aromatic N) is 1. The van der Waals surface area contributed by atoms with Crippen molar-refractivity contribution in [2.45, 2.75) is 161 Å². The fourth-order valence-corrected chi connectivity index (χ4v) is 5.14. The molecule has 1 N–H and O–H groups in total. The number of carboxylic acids is 1. The van der Waals surface area contributed by atoms with Crippen molar-refractivity contribution in [1.29, 1.82) is 0 Å².